The molecule has 1 aliphatic rings. The second-order valence-electron chi connectivity index (χ2n) is 4.00. The molecule has 1 aromatic carbocycles. The zero-order chi connectivity index (χ0) is 14.0. The molecule has 0 bridgehead atoms. The smallest absolute Gasteiger partial charge is 0.336 e. The van der Waals surface area contributed by atoms with E-state index in [9.17, 15) is 14.7 Å². The van der Waals surface area contributed by atoms with Crippen molar-refractivity contribution >= 4 is 34.6 Å². The van der Waals surface area contributed by atoms with Crippen molar-refractivity contribution in [3.05, 3.63) is 53.6 Å². The predicted octanol–water partition coefficient (Wildman–Crippen LogP) is 2.17. The molecule has 0 aliphatic heterocycles. The van der Waals surface area contributed by atoms with Gasteiger partial charge in [0.25, 0.3) is 0 Å². The van der Waals surface area contributed by atoms with Crippen molar-refractivity contribution in [3.8, 4) is 0 Å². The Labute approximate surface area is 114 Å². The van der Waals surface area contributed by atoms with Crippen LogP contribution >= 0.6 is 12.2 Å². The minimum Gasteiger partial charge on any atom is -0.481 e. The lowest BCUT2D eigenvalue weighted by Gasteiger charge is -2.20. The summed E-state index contributed by atoms with van der Waals surface area (Å²) in [6, 6.07) is 8.71. The number of thiocarbonyl (C=S) groups is 1. The summed E-state index contributed by atoms with van der Waals surface area (Å²) >= 11 is 5.15. The maximum atomic E-state index is 11.2. The van der Waals surface area contributed by atoms with Crippen LogP contribution in [0.15, 0.2) is 48.1 Å². The summed E-state index contributed by atoms with van der Waals surface area (Å²) in [4.78, 5) is 22.5. The van der Waals surface area contributed by atoms with Crippen LogP contribution < -0.4 is 0 Å². The minimum absolute atomic E-state index is 0.0219. The first kappa shape index (κ1) is 13.2. The van der Waals surface area contributed by atoms with Crippen molar-refractivity contribution in [1.82, 2.24) is 0 Å². The van der Waals surface area contributed by atoms with Crippen molar-refractivity contribution in [2.45, 2.75) is 0 Å². The third-order valence-corrected chi connectivity index (χ3v) is 3.27. The van der Waals surface area contributed by atoms with Crippen LogP contribution in [0.2, 0.25) is 0 Å². The zero-order valence-electron chi connectivity index (χ0n) is 9.74. The average Bonchev–Trinajstić information content (AvgIpc) is 2.38. The van der Waals surface area contributed by atoms with Gasteiger partial charge in [0.05, 0.1) is 5.57 Å². The molecule has 19 heavy (non-hydrogen) atoms. The summed E-state index contributed by atoms with van der Waals surface area (Å²) < 4.78 is 0. The van der Waals surface area contributed by atoms with Crippen LogP contribution in [0.25, 0.3) is 5.57 Å². The highest BCUT2D eigenvalue weighted by Gasteiger charge is 2.30. The summed E-state index contributed by atoms with van der Waals surface area (Å²) in [6.45, 7) is 0. The Morgan fingerprint density at radius 3 is 2.26 bits per heavy atom. The van der Waals surface area contributed by atoms with Crippen LogP contribution in [0.5, 0.6) is 0 Å². The van der Waals surface area contributed by atoms with Crippen molar-refractivity contribution in [2.75, 3.05) is 0 Å². The number of hydrogen-bond acceptors (Lipinski definition) is 3. The third-order valence-electron chi connectivity index (χ3n) is 2.81. The molecule has 0 spiro atoms. The molecule has 4 nitrogen and oxygen atoms in total. The van der Waals surface area contributed by atoms with Gasteiger partial charge in [0.1, 0.15) is 5.92 Å². The molecule has 2 rings (SSSR count). The van der Waals surface area contributed by atoms with Gasteiger partial charge in [-0.3, -0.25) is 4.79 Å². The van der Waals surface area contributed by atoms with E-state index in [0.717, 1.165) is 0 Å². The van der Waals surface area contributed by atoms with E-state index in [4.69, 9.17) is 17.3 Å². The fraction of sp³-hybridized carbons (Fsp3) is 0.0714. The number of hydrogen-bond donors (Lipinski definition) is 2. The standard InChI is InChI=1S/C14H10O4S/c15-13(16)9-6-7-10(14(17)18)12(19)11(9)8-4-2-1-3-5-8/h1-7,10H,(H,15,16)(H,17,18). The monoisotopic (exact) mass is 274 g/mol. The first-order valence-corrected chi connectivity index (χ1v) is 5.91. The van der Waals surface area contributed by atoms with Crippen molar-refractivity contribution in [1.29, 1.82) is 0 Å². The Balaban J connectivity index is 2.61. The molecule has 2 N–H and O–H groups in total. The van der Waals surface area contributed by atoms with E-state index in [1.807, 2.05) is 0 Å². The van der Waals surface area contributed by atoms with Gasteiger partial charge < -0.3 is 10.2 Å². The van der Waals surface area contributed by atoms with Crippen LogP contribution in [0.4, 0.5) is 0 Å². The van der Waals surface area contributed by atoms with E-state index in [1.165, 1.54) is 12.2 Å². The highest BCUT2D eigenvalue weighted by atomic mass is 32.1. The molecule has 5 heteroatoms. The molecule has 0 heterocycles. The maximum Gasteiger partial charge on any atom is 0.336 e. The van der Waals surface area contributed by atoms with Gasteiger partial charge in [-0.05, 0) is 11.6 Å². The Hall–Kier alpha value is -2.27. The SMILES string of the molecule is O=C(O)C1=C(c2ccccc2)C(=S)C(C(=O)O)C=C1. The van der Waals surface area contributed by atoms with Crippen molar-refractivity contribution in [3.63, 3.8) is 0 Å². The van der Waals surface area contributed by atoms with Gasteiger partial charge in [0, 0.05) is 10.4 Å². The number of carbonyl (C=O) groups is 2. The lowest BCUT2D eigenvalue weighted by molar-refractivity contribution is -0.138. The average molecular weight is 274 g/mol. The number of carboxylic acid groups (broad SMARTS) is 2. The lowest BCUT2D eigenvalue weighted by atomic mass is 9.85. The third kappa shape index (κ3) is 2.46. The number of allylic oxidation sites excluding steroid dienone is 1. The number of benzene rings is 1. The van der Waals surface area contributed by atoms with Gasteiger partial charge in [-0.25, -0.2) is 4.79 Å². The maximum absolute atomic E-state index is 11.2. The van der Waals surface area contributed by atoms with Crippen LogP contribution in [0, 0.1) is 5.92 Å². The highest BCUT2D eigenvalue weighted by molar-refractivity contribution is 7.81. The first-order valence-electron chi connectivity index (χ1n) is 5.50. The molecule has 1 aromatic rings. The predicted molar refractivity (Wildman–Crippen MR) is 73.9 cm³/mol. The van der Waals surface area contributed by atoms with Gasteiger partial charge >= 0.3 is 11.9 Å². The summed E-state index contributed by atoms with van der Waals surface area (Å²) in [5.74, 6) is -3.17. The Morgan fingerprint density at radius 2 is 1.74 bits per heavy atom. The second-order valence-corrected chi connectivity index (χ2v) is 4.44. The Kier molecular flexibility index (Phi) is 3.57. The summed E-state index contributed by atoms with van der Waals surface area (Å²) in [7, 11) is 0. The van der Waals surface area contributed by atoms with Crippen LogP contribution in [-0.2, 0) is 9.59 Å². The largest absolute Gasteiger partial charge is 0.481 e. The number of rotatable bonds is 3. The summed E-state index contributed by atoms with van der Waals surface area (Å²) in [5, 5.41) is 18.3. The van der Waals surface area contributed by atoms with Gasteiger partial charge in [-0.15, -0.1) is 0 Å². The molecular formula is C14H10O4S. The molecule has 0 amide bonds. The van der Waals surface area contributed by atoms with E-state index >= 15 is 0 Å². The van der Waals surface area contributed by atoms with Crippen LogP contribution in [0.1, 0.15) is 5.56 Å². The van der Waals surface area contributed by atoms with E-state index in [-0.39, 0.29) is 10.4 Å². The van der Waals surface area contributed by atoms with E-state index < -0.39 is 17.9 Å². The Morgan fingerprint density at radius 1 is 1.11 bits per heavy atom. The van der Waals surface area contributed by atoms with E-state index in [1.54, 1.807) is 30.3 Å². The number of aliphatic carboxylic acids is 2. The van der Waals surface area contributed by atoms with E-state index in [0.29, 0.717) is 11.1 Å². The fourth-order valence-electron chi connectivity index (χ4n) is 1.93. The molecule has 1 unspecified atom stereocenters. The van der Waals surface area contributed by atoms with E-state index in [2.05, 4.69) is 0 Å². The molecule has 96 valence electrons. The summed E-state index contributed by atoms with van der Waals surface area (Å²) in [6.07, 6.45) is 2.61. The topological polar surface area (TPSA) is 74.6 Å². The molecule has 0 saturated heterocycles. The molecular weight excluding hydrogens is 264 g/mol. The Bertz CT molecular complexity index is 614. The lowest BCUT2D eigenvalue weighted by Crippen LogP contribution is -2.26. The van der Waals surface area contributed by atoms with Gasteiger partial charge in [-0.1, -0.05) is 48.6 Å². The number of carboxylic acids is 2. The van der Waals surface area contributed by atoms with Crippen LogP contribution in [-0.4, -0.2) is 27.0 Å². The molecule has 0 fully saturated rings. The van der Waals surface area contributed by atoms with Crippen LogP contribution in [0.3, 0.4) is 0 Å². The van der Waals surface area contributed by atoms with Crippen molar-refractivity contribution < 1.29 is 19.8 Å². The zero-order valence-corrected chi connectivity index (χ0v) is 10.6. The van der Waals surface area contributed by atoms with Gasteiger partial charge in [0.15, 0.2) is 0 Å². The van der Waals surface area contributed by atoms with Crippen molar-refractivity contribution in [2.24, 2.45) is 5.92 Å². The summed E-state index contributed by atoms with van der Waals surface area (Å²) in [5.41, 5.74) is 0.937. The molecule has 1 atom stereocenters. The molecule has 1 aliphatic carbocycles. The molecule has 0 aromatic heterocycles. The highest BCUT2D eigenvalue weighted by Crippen LogP contribution is 2.30. The molecule has 0 radical (unpaired) electrons. The normalized spacial score (nSPS) is 18.5. The van der Waals surface area contributed by atoms with Gasteiger partial charge in [-0.2, -0.15) is 0 Å². The van der Waals surface area contributed by atoms with Gasteiger partial charge in [0.2, 0.25) is 0 Å². The molecule has 0 saturated carbocycles. The second kappa shape index (κ2) is 5.16. The first-order chi connectivity index (χ1) is 9.02. The fourth-order valence-corrected chi connectivity index (χ4v) is 2.33. The quantitative estimate of drug-likeness (QED) is 0.826. The minimum atomic E-state index is -1.12.